The fraction of sp³-hybridized carbons (Fsp3) is 0.267. The predicted molar refractivity (Wildman–Crippen MR) is 78.5 cm³/mol. The molecule has 21 heavy (non-hydrogen) atoms. The normalized spacial score (nSPS) is 15.5. The lowest BCUT2D eigenvalue weighted by atomic mass is 10.1. The third-order valence-electron chi connectivity index (χ3n) is 3.64. The lowest BCUT2D eigenvalue weighted by Crippen LogP contribution is -2.36. The average Bonchev–Trinajstić information content (AvgIpc) is 2.54. The number of nitrogens with zero attached hydrogens (tertiary/aromatic N) is 2. The van der Waals surface area contributed by atoms with Crippen molar-refractivity contribution >= 4 is 10.0 Å². The van der Waals surface area contributed by atoms with Crippen molar-refractivity contribution in [2.45, 2.75) is 17.9 Å². The first-order valence-corrected chi connectivity index (χ1v) is 8.12. The Kier molecular flexibility index (Phi) is 3.65. The Hall–Kier alpha value is -1.92. The van der Waals surface area contributed by atoms with Crippen molar-refractivity contribution < 1.29 is 13.2 Å². The number of hydrogen-bond acceptors (Lipinski definition) is 4. The van der Waals surface area contributed by atoms with E-state index >= 15 is 0 Å². The zero-order chi connectivity index (χ0) is 14.9. The molecule has 0 unspecified atom stereocenters. The SMILES string of the molecule is COc1ccc(S(=O)(=O)N2CCc3cccnc3C2)cc1. The molecule has 0 spiro atoms. The third kappa shape index (κ3) is 2.64. The van der Waals surface area contributed by atoms with E-state index in [1.807, 2.05) is 12.1 Å². The van der Waals surface area contributed by atoms with E-state index in [0.29, 0.717) is 25.3 Å². The van der Waals surface area contributed by atoms with E-state index in [1.54, 1.807) is 37.6 Å². The quantitative estimate of drug-likeness (QED) is 0.868. The molecule has 2 heterocycles. The van der Waals surface area contributed by atoms with Crippen LogP contribution in [0.25, 0.3) is 0 Å². The Morgan fingerprint density at radius 2 is 1.95 bits per heavy atom. The molecular formula is C15H16N2O3S. The van der Waals surface area contributed by atoms with E-state index in [9.17, 15) is 8.42 Å². The first-order chi connectivity index (χ1) is 10.1. The predicted octanol–water partition coefficient (Wildman–Crippen LogP) is 1.84. The Balaban J connectivity index is 1.89. The minimum Gasteiger partial charge on any atom is -0.497 e. The second kappa shape index (κ2) is 5.46. The number of hydrogen-bond donors (Lipinski definition) is 0. The molecule has 110 valence electrons. The number of benzene rings is 1. The maximum absolute atomic E-state index is 12.7. The highest BCUT2D eigenvalue weighted by Gasteiger charge is 2.28. The second-order valence-electron chi connectivity index (χ2n) is 4.87. The molecule has 1 aromatic heterocycles. The van der Waals surface area contributed by atoms with Crippen LogP contribution in [-0.4, -0.2) is 31.4 Å². The van der Waals surface area contributed by atoms with E-state index < -0.39 is 10.0 Å². The molecule has 0 N–H and O–H groups in total. The molecule has 0 aliphatic carbocycles. The molecule has 0 radical (unpaired) electrons. The first kappa shape index (κ1) is 14.0. The van der Waals surface area contributed by atoms with E-state index in [-0.39, 0.29) is 4.90 Å². The highest BCUT2D eigenvalue weighted by Crippen LogP contribution is 2.24. The van der Waals surface area contributed by atoms with Crippen LogP contribution in [-0.2, 0) is 23.0 Å². The van der Waals surface area contributed by atoms with Crippen LogP contribution in [0, 0.1) is 0 Å². The highest BCUT2D eigenvalue weighted by molar-refractivity contribution is 7.89. The van der Waals surface area contributed by atoms with Gasteiger partial charge in [0.1, 0.15) is 5.75 Å². The second-order valence-corrected chi connectivity index (χ2v) is 6.81. The van der Waals surface area contributed by atoms with Crippen LogP contribution >= 0.6 is 0 Å². The number of sulfonamides is 1. The van der Waals surface area contributed by atoms with Crippen molar-refractivity contribution in [2.24, 2.45) is 0 Å². The van der Waals surface area contributed by atoms with Crippen molar-refractivity contribution in [3.8, 4) is 5.75 Å². The van der Waals surface area contributed by atoms with Gasteiger partial charge in [0, 0.05) is 12.7 Å². The van der Waals surface area contributed by atoms with Crippen LogP contribution < -0.4 is 4.74 Å². The molecule has 6 heteroatoms. The number of aromatic nitrogens is 1. The van der Waals surface area contributed by atoms with Gasteiger partial charge in [0.25, 0.3) is 0 Å². The van der Waals surface area contributed by atoms with Crippen LogP contribution in [0.1, 0.15) is 11.3 Å². The largest absolute Gasteiger partial charge is 0.497 e. The van der Waals surface area contributed by atoms with E-state index in [4.69, 9.17) is 4.74 Å². The third-order valence-corrected chi connectivity index (χ3v) is 5.50. The molecule has 0 bridgehead atoms. The Morgan fingerprint density at radius 3 is 2.67 bits per heavy atom. The Labute approximate surface area is 124 Å². The van der Waals surface area contributed by atoms with E-state index in [1.165, 1.54) is 4.31 Å². The zero-order valence-corrected chi connectivity index (χ0v) is 12.5. The number of rotatable bonds is 3. The number of fused-ring (bicyclic) bond motifs is 1. The van der Waals surface area contributed by atoms with Crippen LogP contribution in [0.2, 0.25) is 0 Å². The van der Waals surface area contributed by atoms with Crippen LogP contribution in [0.15, 0.2) is 47.5 Å². The summed E-state index contributed by atoms with van der Waals surface area (Å²) in [6.07, 6.45) is 2.39. The summed E-state index contributed by atoms with van der Waals surface area (Å²) in [5.41, 5.74) is 1.96. The Bertz CT molecular complexity index is 742. The summed E-state index contributed by atoms with van der Waals surface area (Å²) in [5, 5.41) is 0. The molecule has 0 saturated heterocycles. The van der Waals surface area contributed by atoms with Gasteiger partial charge in [0.15, 0.2) is 0 Å². The minimum atomic E-state index is -3.49. The van der Waals surface area contributed by atoms with Gasteiger partial charge in [-0.1, -0.05) is 6.07 Å². The van der Waals surface area contributed by atoms with Crippen molar-refractivity contribution in [3.63, 3.8) is 0 Å². The molecule has 0 atom stereocenters. The van der Waals surface area contributed by atoms with Crippen molar-refractivity contribution in [1.82, 2.24) is 9.29 Å². The molecule has 5 nitrogen and oxygen atoms in total. The summed E-state index contributed by atoms with van der Waals surface area (Å²) < 4.78 is 31.8. The maximum atomic E-state index is 12.7. The van der Waals surface area contributed by atoms with E-state index in [0.717, 1.165) is 11.3 Å². The monoisotopic (exact) mass is 304 g/mol. The standard InChI is InChI=1S/C15H16N2O3S/c1-20-13-4-6-14(7-5-13)21(18,19)17-10-8-12-3-2-9-16-15(12)11-17/h2-7,9H,8,10-11H2,1H3. The zero-order valence-electron chi connectivity index (χ0n) is 11.7. The maximum Gasteiger partial charge on any atom is 0.243 e. The van der Waals surface area contributed by atoms with Gasteiger partial charge < -0.3 is 4.74 Å². The Morgan fingerprint density at radius 1 is 1.19 bits per heavy atom. The minimum absolute atomic E-state index is 0.280. The van der Waals surface area contributed by atoms with Crippen LogP contribution in [0.4, 0.5) is 0 Å². The van der Waals surface area contributed by atoms with Gasteiger partial charge in [0.2, 0.25) is 10.0 Å². The van der Waals surface area contributed by atoms with Gasteiger partial charge in [-0.15, -0.1) is 0 Å². The summed E-state index contributed by atoms with van der Waals surface area (Å²) in [6.45, 7) is 0.803. The summed E-state index contributed by atoms with van der Waals surface area (Å²) in [5.74, 6) is 0.639. The van der Waals surface area contributed by atoms with Gasteiger partial charge in [-0.2, -0.15) is 4.31 Å². The number of methoxy groups -OCH3 is 1. The van der Waals surface area contributed by atoms with Gasteiger partial charge >= 0.3 is 0 Å². The molecule has 1 aliphatic heterocycles. The number of pyridine rings is 1. The topological polar surface area (TPSA) is 59.5 Å². The van der Waals surface area contributed by atoms with Crippen molar-refractivity contribution in [1.29, 1.82) is 0 Å². The molecule has 0 saturated carbocycles. The number of ether oxygens (including phenoxy) is 1. The molecular weight excluding hydrogens is 288 g/mol. The van der Waals surface area contributed by atoms with Gasteiger partial charge in [-0.3, -0.25) is 4.98 Å². The van der Waals surface area contributed by atoms with E-state index in [2.05, 4.69) is 4.98 Å². The van der Waals surface area contributed by atoms with Crippen LogP contribution in [0.3, 0.4) is 0 Å². The van der Waals surface area contributed by atoms with Gasteiger partial charge in [0.05, 0.1) is 24.2 Å². The molecule has 1 aliphatic rings. The van der Waals surface area contributed by atoms with Gasteiger partial charge in [-0.25, -0.2) is 8.42 Å². The highest BCUT2D eigenvalue weighted by atomic mass is 32.2. The smallest absolute Gasteiger partial charge is 0.243 e. The molecule has 1 aromatic carbocycles. The summed E-state index contributed by atoms with van der Waals surface area (Å²) >= 11 is 0. The molecule has 2 aromatic rings. The summed E-state index contributed by atoms with van der Waals surface area (Å²) in [7, 11) is -1.94. The van der Waals surface area contributed by atoms with Gasteiger partial charge in [-0.05, 0) is 42.3 Å². The summed E-state index contributed by atoms with van der Waals surface area (Å²) in [6, 6.07) is 10.3. The van der Waals surface area contributed by atoms with Crippen molar-refractivity contribution in [2.75, 3.05) is 13.7 Å². The fourth-order valence-corrected chi connectivity index (χ4v) is 3.84. The first-order valence-electron chi connectivity index (χ1n) is 6.68. The van der Waals surface area contributed by atoms with Crippen molar-refractivity contribution in [3.05, 3.63) is 53.9 Å². The van der Waals surface area contributed by atoms with Crippen LogP contribution in [0.5, 0.6) is 5.75 Å². The molecule has 0 amide bonds. The molecule has 0 fully saturated rings. The fourth-order valence-electron chi connectivity index (χ4n) is 2.43. The lowest BCUT2D eigenvalue weighted by molar-refractivity contribution is 0.385. The lowest BCUT2D eigenvalue weighted by Gasteiger charge is -2.27. The summed E-state index contributed by atoms with van der Waals surface area (Å²) in [4.78, 5) is 4.56. The average molecular weight is 304 g/mol. The molecule has 3 rings (SSSR count).